The van der Waals surface area contributed by atoms with Crippen molar-refractivity contribution in [2.45, 2.75) is 12.8 Å². The largest absolute Gasteiger partial charge is 0.488 e. The van der Waals surface area contributed by atoms with E-state index in [1.54, 1.807) is 18.3 Å². The van der Waals surface area contributed by atoms with Gasteiger partial charge in [-0.05, 0) is 77.7 Å². The SMILES string of the molecule is C=CCOc1ccc(CCc2ccc(C#Cc3ccc4cc(F)ccc4c3)cc2)nc1. The van der Waals surface area contributed by atoms with Gasteiger partial charge >= 0.3 is 0 Å². The minimum Gasteiger partial charge on any atom is -0.488 e. The fourth-order valence-electron chi connectivity index (χ4n) is 3.27. The van der Waals surface area contributed by atoms with Gasteiger partial charge in [-0.15, -0.1) is 0 Å². The molecule has 3 heteroatoms. The Kier molecular flexibility index (Phi) is 6.40. The van der Waals surface area contributed by atoms with Crippen LogP contribution in [0.1, 0.15) is 22.4 Å². The fraction of sp³-hybridized carbons (Fsp3) is 0.107. The summed E-state index contributed by atoms with van der Waals surface area (Å²) in [6, 6.07) is 22.8. The number of ether oxygens (including phenoxy) is 1. The van der Waals surface area contributed by atoms with Gasteiger partial charge in [0.15, 0.2) is 0 Å². The van der Waals surface area contributed by atoms with Crippen molar-refractivity contribution in [3.63, 3.8) is 0 Å². The molecule has 0 spiro atoms. The second-order valence-corrected chi connectivity index (χ2v) is 7.24. The first-order chi connectivity index (χ1) is 15.2. The van der Waals surface area contributed by atoms with Gasteiger partial charge in [-0.1, -0.05) is 48.8 Å². The van der Waals surface area contributed by atoms with Gasteiger partial charge < -0.3 is 4.74 Å². The van der Waals surface area contributed by atoms with Gasteiger partial charge in [-0.3, -0.25) is 4.98 Å². The second kappa shape index (κ2) is 9.73. The molecule has 0 fully saturated rings. The van der Waals surface area contributed by atoms with E-state index in [0.717, 1.165) is 46.2 Å². The molecule has 1 aromatic heterocycles. The van der Waals surface area contributed by atoms with Crippen LogP contribution in [0.5, 0.6) is 5.75 Å². The molecule has 1 heterocycles. The molecule has 0 aliphatic rings. The Balaban J connectivity index is 1.36. The zero-order chi connectivity index (χ0) is 21.5. The molecule has 0 N–H and O–H groups in total. The first-order valence-electron chi connectivity index (χ1n) is 10.2. The first-order valence-corrected chi connectivity index (χ1v) is 10.2. The van der Waals surface area contributed by atoms with E-state index in [4.69, 9.17) is 4.74 Å². The van der Waals surface area contributed by atoms with E-state index < -0.39 is 0 Å². The van der Waals surface area contributed by atoms with Gasteiger partial charge in [0.2, 0.25) is 0 Å². The fourth-order valence-corrected chi connectivity index (χ4v) is 3.27. The molecule has 0 radical (unpaired) electrons. The van der Waals surface area contributed by atoms with Crippen LogP contribution in [-0.2, 0) is 12.8 Å². The van der Waals surface area contributed by atoms with E-state index >= 15 is 0 Å². The Bertz CT molecular complexity index is 1250. The molecular weight excluding hydrogens is 385 g/mol. The van der Waals surface area contributed by atoms with Gasteiger partial charge in [0.1, 0.15) is 18.2 Å². The second-order valence-electron chi connectivity index (χ2n) is 7.24. The van der Waals surface area contributed by atoms with Crippen molar-refractivity contribution >= 4 is 10.8 Å². The average Bonchev–Trinajstić information content (AvgIpc) is 2.81. The quantitative estimate of drug-likeness (QED) is 0.284. The maximum absolute atomic E-state index is 13.3. The van der Waals surface area contributed by atoms with Gasteiger partial charge in [0.25, 0.3) is 0 Å². The van der Waals surface area contributed by atoms with Crippen LogP contribution in [0.4, 0.5) is 4.39 Å². The third-order valence-electron chi connectivity index (χ3n) is 4.94. The summed E-state index contributed by atoms with van der Waals surface area (Å²) >= 11 is 0. The summed E-state index contributed by atoms with van der Waals surface area (Å²) in [5.41, 5.74) is 4.15. The lowest BCUT2D eigenvalue weighted by Crippen LogP contribution is -1.97. The number of fused-ring (bicyclic) bond motifs is 1. The summed E-state index contributed by atoms with van der Waals surface area (Å²) in [4.78, 5) is 4.45. The Morgan fingerprint density at radius 1 is 0.839 bits per heavy atom. The van der Waals surface area contributed by atoms with E-state index in [1.165, 1.54) is 17.7 Å². The van der Waals surface area contributed by atoms with Crippen LogP contribution in [0.15, 0.2) is 91.6 Å². The lowest BCUT2D eigenvalue weighted by molar-refractivity contribution is 0.361. The molecule has 152 valence electrons. The number of halogens is 1. The molecule has 0 saturated heterocycles. The smallest absolute Gasteiger partial charge is 0.138 e. The highest BCUT2D eigenvalue weighted by atomic mass is 19.1. The molecule has 3 aromatic carbocycles. The number of aromatic nitrogens is 1. The summed E-state index contributed by atoms with van der Waals surface area (Å²) in [6.45, 7) is 4.12. The van der Waals surface area contributed by atoms with Gasteiger partial charge in [-0.2, -0.15) is 0 Å². The predicted octanol–water partition coefficient (Wildman–Crippen LogP) is 6.12. The van der Waals surface area contributed by atoms with Crippen LogP contribution in [0.3, 0.4) is 0 Å². The highest BCUT2D eigenvalue weighted by Crippen LogP contribution is 2.17. The van der Waals surface area contributed by atoms with Crippen molar-refractivity contribution < 1.29 is 9.13 Å². The molecule has 4 rings (SSSR count). The Morgan fingerprint density at radius 2 is 1.58 bits per heavy atom. The monoisotopic (exact) mass is 407 g/mol. The van der Waals surface area contributed by atoms with Crippen molar-refractivity contribution in [3.8, 4) is 17.6 Å². The number of benzene rings is 3. The molecule has 0 unspecified atom stereocenters. The average molecular weight is 407 g/mol. The minimum absolute atomic E-state index is 0.225. The van der Waals surface area contributed by atoms with E-state index in [1.807, 2.05) is 42.5 Å². The minimum atomic E-state index is -0.225. The summed E-state index contributed by atoms with van der Waals surface area (Å²) in [5, 5.41) is 1.86. The number of hydrogen-bond acceptors (Lipinski definition) is 2. The number of pyridine rings is 1. The van der Waals surface area contributed by atoms with E-state index in [2.05, 4.69) is 35.5 Å². The summed E-state index contributed by atoms with van der Waals surface area (Å²) in [7, 11) is 0. The number of hydrogen-bond donors (Lipinski definition) is 0. The lowest BCUT2D eigenvalue weighted by Gasteiger charge is -2.05. The topological polar surface area (TPSA) is 22.1 Å². The summed E-state index contributed by atoms with van der Waals surface area (Å²) < 4.78 is 18.8. The van der Waals surface area contributed by atoms with E-state index in [-0.39, 0.29) is 5.82 Å². The molecule has 0 saturated carbocycles. The van der Waals surface area contributed by atoms with Gasteiger partial charge in [0, 0.05) is 16.8 Å². The van der Waals surface area contributed by atoms with Crippen LogP contribution in [-0.4, -0.2) is 11.6 Å². The maximum atomic E-state index is 13.3. The highest BCUT2D eigenvalue weighted by molar-refractivity contribution is 5.83. The molecule has 0 atom stereocenters. The van der Waals surface area contributed by atoms with Gasteiger partial charge in [-0.25, -0.2) is 4.39 Å². The molecule has 4 aromatic rings. The Morgan fingerprint density at radius 3 is 2.35 bits per heavy atom. The van der Waals surface area contributed by atoms with Crippen LogP contribution in [0, 0.1) is 17.7 Å². The molecule has 0 amide bonds. The van der Waals surface area contributed by atoms with Crippen molar-refractivity contribution in [2.75, 3.05) is 6.61 Å². The van der Waals surface area contributed by atoms with Gasteiger partial charge in [0.05, 0.1) is 6.20 Å². The highest BCUT2D eigenvalue weighted by Gasteiger charge is 2.00. The van der Waals surface area contributed by atoms with Crippen molar-refractivity contribution in [1.29, 1.82) is 0 Å². The lowest BCUT2D eigenvalue weighted by atomic mass is 10.0. The zero-order valence-electron chi connectivity index (χ0n) is 17.1. The van der Waals surface area contributed by atoms with Crippen molar-refractivity contribution in [1.82, 2.24) is 4.98 Å². The number of rotatable bonds is 6. The molecule has 0 aliphatic heterocycles. The van der Waals surface area contributed by atoms with Crippen molar-refractivity contribution in [2.24, 2.45) is 0 Å². The number of nitrogens with zero attached hydrogens (tertiary/aromatic N) is 1. The molecule has 0 bridgehead atoms. The number of aryl methyl sites for hydroxylation is 2. The Hall–Kier alpha value is -3.90. The maximum Gasteiger partial charge on any atom is 0.138 e. The molecular formula is C28H22FNO. The summed E-state index contributed by atoms with van der Waals surface area (Å²) in [6.07, 6.45) is 5.24. The van der Waals surface area contributed by atoms with E-state index in [0.29, 0.717) is 6.61 Å². The van der Waals surface area contributed by atoms with Crippen LogP contribution >= 0.6 is 0 Å². The molecule has 31 heavy (non-hydrogen) atoms. The standard InChI is InChI=1S/C28H22FNO/c1-2-17-31-28-16-15-27(30-20-28)14-10-22-5-3-21(4-6-22)7-8-23-9-11-25-19-26(29)13-12-24(25)18-23/h2-6,9,11-13,15-16,18-20H,1,10,14,17H2. The zero-order valence-corrected chi connectivity index (χ0v) is 17.1. The predicted molar refractivity (Wildman–Crippen MR) is 124 cm³/mol. The van der Waals surface area contributed by atoms with Crippen molar-refractivity contribution in [3.05, 3.63) is 120 Å². The third kappa shape index (κ3) is 5.58. The Labute approximate surface area is 182 Å². The van der Waals surface area contributed by atoms with E-state index in [9.17, 15) is 4.39 Å². The van der Waals surface area contributed by atoms with Crippen LogP contribution in [0.2, 0.25) is 0 Å². The third-order valence-corrected chi connectivity index (χ3v) is 4.94. The first kappa shape index (κ1) is 20.4. The van der Waals surface area contributed by atoms with Crippen LogP contribution in [0.25, 0.3) is 10.8 Å². The van der Waals surface area contributed by atoms with Crippen LogP contribution < -0.4 is 4.74 Å². The molecule has 2 nitrogen and oxygen atoms in total. The molecule has 0 aliphatic carbocycles. The normalized spacial score (nSPS) is 10.4. The summed E-state index contributed by atoms with van der Waals surface area (Å²) in [5.74, 6) is 6.93.